The normalized spacial score (nSPS) is 12.1. The molecule has 7 nitrogen and oxygen atoms in total. The van der Waals surface area contributed by atoms with E-state index < -0.39 is 6.04 Å². The molecule has 0 saturated carbocycles. The lowest BCUT2D eigenvalue weighted by atomic mass is 10.1. The first-order chi connectivity index (χ1) is 16.5. The first-order valence-corrected chi connectivity index (χ1v) is 12.1. The van der Waals surface area contributed by atoms with E-state index in [-0.39, 0.29) is 11.5 Å². The van der Waals surface area contributed by atoms with Gasteiger partial charge in [0, 0.05) is 24.2 Å². The molecule has 8 heteroatoms. The molecule has 0 radical (unpaired) electrons. The molecule has 34 heavy (non-hydrogen) atoms. The summed E-state index contributed by atoms with van der Waals surface area (Å²) in [6.45, 7) is 3.85. The Kier molecular flexibility index (Phi) is 9.62. The molecule has 1 heterocycles. The van der Waals surface area contributed by atoms with Gasteiger partial charge in [0.2, 0.25) is 0 Å². The first kappa shape index (κ1) is 25.9. The van der Waals surface area contributed by atoms with Crippen LogP contribution in [-0.2, 0) is 11.3 Å². The summed E-state index contributed by atoms with van der Waals surface area (Å²) in [5, 5.41) is 1.12. The lowest BCUT2D eigenvalue weighted by Gasteiger charge is -2.31. The Labute approximate surface area is 205 Å². The van der Waals surface area contributed by atoms with Gasteiger partial charge in [0.05, 0.1) is 30.1 Å². The van der Waals surface area contributed by atoms with Gasteiger partial charge in [-0.2, -0.15) is 0 Å². The number of carbonyl (C=O) groups is 1. The number of ether oxygens (including phenoxy) is 1. The Bertz CT molecular complexity index is 1150. The number of nitrogens with two attached hydrogens (primary N) is 1. The molecule has 3 rings (SSSR count). The molecule has 2 aromatic carbocycles. The minimum atomic E-state index is -0.424. The van der Waals surface area contributed by atoms with Crippen molar-refractivity contribution in [1.82, 2.24) is 14.5 Å². The zero-order valence-electron chi connectivity index (χ0n) is 19.9. The molecule has 0 aliphatic rings. The van der Waals surface area contributed by atoms with E-state index in [2.05, 4.69) is 0 Å². The van der Waals surface area contributed by atoms with Crippen LogP contribution in [0.15, 0.2) is 53.3 Å². The zero-order chi connectivity index (χ0) is 24.5. The smallest absolute Gasteiger partial charge is 0.261 e. The number of aromatic nitrogens is 2. The number of amides is 1. The molecule has 182 valence electrons. The Morgan fingerprint density at radius 1 is 1.12 bits per heavy atom. The summed E-state index contributed by atoms with van der Waals surface area (Å²) in [4.78, 5) is 33.5. The Balaban J connectivity index is 2.01. The van der Waals surface area contributed by atoms with Gasteiger partial charge in [0.1, 0.15) is 5.82 Å². The van der Waals surface area contributed by atoms with Crippen LogP contribution < -0.4 is 11.3 Å². The van der Waals surface area contributed by atoms with Crippen LogP contribution in [0.25, 0.3) is 10.9 Å². The molecule has 2 N–H and O–H groups in total. The van der Waals surface area contributed by atoms with Gasteiger partial charge in [-0.05, 0) is 62.7 Å². The number of methoxy groups -OCH3 is 1. The number of carbonyl (C=O) groups excluding carboxylic acids is 1. The summed E-state index contributed by atoms with van der Waals surface area (Å²) < 4.78 is 6.88. The fraction of sp³-hybridized carbons (Fsp3) is 0.423. The van der Waals surface area contributed by atoms with E-state index >= 15 is 0 Å². The van der Waals surface area contributed by atoms with Crippen molar-refractivity contribution in [1.29, 1.82) is 0 Å². The highest BCUT2D eigenvalue weighted by Gasteiger charge is 2.27. The summed E-state index contributed by atoms with van der Waals surface area (Å²) in [6, 6.07) is 13.7. The third-order valence-electron chi connectivity index (χ3n) is 5.96. The van der Waals surface area contributed by atoms with Crippen molar-refractivity contribution in [2.45, 2.75) is 45.2 Å². The second-order valence-electron chi connectivity index (χ2n) is 8.32. The maximum absolute atomic E-state index is 13.6. The van der Waals surface area contributed by atoms with E-state index in [1.165, 1.54) is 0 Å². The summed E-state index contributed by atoms with van der Waals surface area (Å²) >= 11 is 6.03. The summed E-state index contributed by atoms with van der Waals surface area (Å²) in [6.07, 6.45) is 3.78. The first-order valence-electron chi connectivity index (χ1n) is 11.7. The highest BCUT2D eigenvalue weighted by atomic mass is 35.5. The molecule has 0 aliphatic carbocycles. The Hall–Kier alpha value is -2.74. The van der Waals surface area contributed by atoms with Crippen LogP contribution in [0, 0.1) is 0 Å². The average Bonchev–Trinajstić information content (AvgIpc) is 2.85. The van der Waals surface area contributed by atoms with Crippen LogP contribution in [0.1, 0.15) is 54.8 Å². The van der Waals surface area contributed by atoms with Crippen molar-refractivity contribution < 1.29 is 9.53 Å². The maximum Gasteiger partial charge on any atom is 0.261 e. The van der Waals surface area contributed by atoms with Crippen LogP contribution in [-0.4, -0.2) is 47.2 Å². The third kappa shape index (κ3) is 6.23. The van der Waals surface area contributed by atoms with Crippen molar-refractivity contribution in [3.8, 4) is 0 Å². The van der Waals surface area contributed by atoms with Crippen LogP contribution in [0.4, 0.5) is 0 Å². The molecule has 0 bridgehead atoms. The molecule has 1 amide bonds. The van der Waals surface area contributed by atoms with Crippen molar-refractivity contribution in [3.05, 3.63) is 75.3 Å². The maximum atomic E-state index is 13.6. The van der Waals surface area contributed by atoms with Crippen molar-refractivity contribution >= 4 is 28.4 Å². The fourth-order valence-electron chi connectivity index (χ4n) is 4.05. The predicted molar refractivity (Wildman–Crippen MR) is 136 cm³/mol. The summed E-state index contributed by atoms with van der Waals surface area (Å²) in [7, 11) is 1.60. The lowest BCUT2D eigenvalue weighted by molar-refractivity contribution is 0.0673. The lowest BCUT2D eigenvalue weighted by Crippen LogP contribution is -2.38. The van der Waals surface area contributed by atoms with E-state index in [0.717, 1.165) is 25.7 Å². The SMILES string of the molecule is COCCn1c(C(C)N(CCCCCCN)C(=O)c2ccc(Cl)cc2)nc2ccccc2c1=O. The van der Waals surface area contributed by atoms with Gasteiger partial charge in [-0.25, -0.2) is 4.98 Å². The number of nitrogens with zero attached hydrogens (tertiary/aromatic N) is 3. The molecular weight excluding hydrogens is 452 g/mol. The monoisotopic (exact) mass is 484 g/mol. The minimum Gasteiger partial charge on any atom is -0.383 e. The largest absolute Gasteiger partial charge is 0.383 e. The van der Waals surface area contributed by atoms with Gasteiger partial charge in [-0.1, -0.05) is 36.6 Å². The van der Waals surface area contributed by atoms with Crippen molar-refractivity contribution in [2.75, 3.05) is 26.8 Å². The molecule has 1 atom stereocenters. The molecule has 1 aromatic heterocycles. The molecule has 0 aliphatic heterocycles. The van der Waals surface area contributed by atoms with Gasteiger partial charge in [0.15, 0.2) is 0 Å². The van der Waals surface area contributed by atoms with Crippen molar-refractivity contribution in [2.24, 2.45) is 5.73 Å². The zero-order valence-corrected chi connectivity index (χ0v) is 20.6. The van der Waals surface area contributed by atoms with Gasteiger partial charge < -0.3 is 15.4 Å². The standard InChI is InChI=1S/C26H33ClN4O3/c1-19(24-29-23-10-6-5-9-22(23)26(33)31(24)17-18-34-2)30(16-8-4-3-7-15-28)25(32)20-11-13-21(27)14-12-20/h5-6,9-14,19H,3-4,7-8,15-18,28H2,1-2H3. The Morgan fingerprint density at radius 3 is 2.53 bits per heavy atom. The number of para-hydroxylation sites is 1. The number of rotatable bonds is 12. The molecule has 0 fully saturated rings. The van der Waals surface area contributed by atoms with Crippen molar-refractivity contribution in [3.63, 3.8) is 0 Å². The quantitative estimate of drug-likeness (QED) is 0.384. The highest BCUT2D eigenvalue weighted by Crippen LogP contribution is 2.24. The minimum absolute atomic E-state index is 0.122. The van der Waals surface area contributed by atoms with E-state index in [1.54, 1.807) is 46.9 Å². The van der Waals surface area contributed by atoms with E-state index in [0.29, 0.717) is 53.6 Å². The second-order valence-corrected chi connectivity index (χ2v) is 8.76. The van der Waals surface area contributed by atoms with Crippen LogP contribution >= 0.6 is 11.6 Å². The summed E-state index contributed by atoms with van der Waals surface area (Å²) in [5.74, 6) is 0.425. The van der Waals surface area contributed by atoms with Gasteiger partial charge in [-0.3, -0.25) is 14.2 Å². The van der Waals surface area contributed by atoms with Gasteiger partial charge in [0.25, 0.3) is 11.5 Å². The van der Waals surface area contributed by atoms with Gasteiger partial charge >= 0.3 is 0 Å². The molecule has 0 spiro atoms. The number of hydrogen-bond donors (Lipinski definition) is 1. The molecule has 3 aromatic rings. The Morgan fingerprint density at radius 2 is 1.82 bits per heavy atom. The average molecular weight is 485 g/mol. The molecule has 1 unspecified atom stereocenters. The third-order valence-corrected chi connectivity index (χ3v) is 6.21. The summed E-state index contributed by atoms with van der Waals surface area (Å²) in [5.41, 5.74) is 6.65. The fourth-order valence-corrected chi connectivity index (χ4v) is 4.18. The van der Waals surface area contributed by atoms with Crippen LogP contribution in [0.2, 0.25) is 5.02 Å². The van der Waals surface area contributed by atoms with E-state index in [4.69, 9.17) is 27.1 Å². The van der Waals surface area contributed by atoms with Crippen LogP contribution in [0.3, 0.4) is 0 Å². The highest BCUT2D eigenvalue weighted by molar-refractivity contribution is 6.30. The van der Waals surface area contributed by atoms with Crippen LogP contribution in [0.5, 0.6) is 0 Å². The number of halogens is 1. The van der Waals surface area contributed by atoms with Gasteiger partial charge in [-0.15, -0.1) is 0 Å². The predicted octanol–water partition coefficient (Wildman–Crippen LogP) is 4.42. The topological polar surface area (TPSA) is 90.4 Å². The number of benzene rings is 2. The number of hydrogen-bond acceptors (Lipinski definition) is 5. The molecular formula is C26H33ClN4O3. The van der Waals surface area contributed by atoms with E-state index in [1.807, 2.05) is 25.1 Å². The number of fused-ring (bicyclic) bond motifs is 1. The second kappa shape index (κ2) is 12.6. The molecule has 0 saturated heterocycles. The van der Waals surface area contributed by atoms with E-state index in [9.17, 15) is 9.59 Å². The number of unbranched alkanes of at least 4 members (excludes halogenated alkanes) is 3.